The lowest BCUT2D eigenvalue weighted by Crippen LogP contribution is -1.95. The molecule has 0 aliphatic rings. The van der Waals surface area contributed by atoms with E-state index >= 15 is 0 Å². The summed E-state index contributed by atoms with van der Waals surface area (Å²) in [5.41, 5.74) is 2.44. The molecule has 4 rings (SSSR count). The van der Waals surface area contributed by atoms with Crippen molar-refractivity contribution in [2.45, 2.75) is 13.8 Å². The van der Waals surface area contributed by atoms with Crippen LogP contribution < -0.4 is 4.74 Å². The summed E-state index contributed by atoms with van der Waals surface area (Å²) in [6.45, 7) is 3.66. The summed E-state index contributed by atoms with van der Waals surface area (Å²) >= 11 is 0. The van der Waals surface area contributed by atoms with Crippen LogP contribution in [0.5, 0.6) is 23.0 Å². The third-order valence-electron chi connectivity index (χ3n) is 4.16. The van der Waals surface area contributed by atoms with Gasteiger partial charge in [0.05, 0.1) is 11.4 Å². The monoisotopic (exact) mass is 359 g/mol. The zero-order chi connectivity index (χ0) is 17.6. The van der Waals surface area contributed by atoms with Crippen molar-refractivity contribution in [1.82, 2.24) is 9.97 Å². The number of hydrogen-bond donors (Lipinski definition) is 2. The van der Waals surface area contributed by atoms with E-state index < -0.39 is 0 Å². The first-order chi connectivity index (χ1) is 12.0. The van der Waals surface area contributed by atoms with Crippen LogP contribution in [0, 0.1) is 13.8 Å². The van der Waals surface area contributed by atoms with Crippen molar-refractivity contribution in [3.05, 3.63) is 59.9 Å². The molecule has 0 spiro atoms. The molecule has 6 heteroatoms. The highest BCUT2D eigenvalue weighted by molar-refractivity contribution is 5.87. The number of ether oxygens (including phenoxy) is 1. The molecule has 0 saturated heterocycles. The second kappa shape index (κ2) is 6.83. The number of aromatic nitrogens is 2. The van der Waals surface area contributed by atoms with Crippen LogP contribution in [0.4, 0.5) is 0 Å². The van der Waals surface area contributed by atoms with E-state index in [1.807, 2.05) is 38.1 Å². The number of phenols is 2. The van der Waals surface area contributed by atoms with Crippen molar-refractivity contribution in [2.75, 3.05) is 0 Å². The highest BCUT2D eigenvalue weighted by atomic mass is 27.0. The van der Waals surface area contributed by atoms with E-state index in [0.717, 1.165) is 10.8 Å². The van der Waals surface area contributed by atoms with Crippen molar-refractivity contribution in [3.63, 3.8) is 0 Å². The number of benzene rings is 2. The number of aromatic hydroxyl groups is 2. The van der Waals surface area contributed by atoms with Crippen molar-refractivity contribution in [1.29, 1.82) is 0 Å². The summed E-state index contributed by atoms with van der Waals surface area (Å²) < 4.78 is 6.05. The molecule has 0 amide bonds. The van der Waals surface area contributed by atoms with Gasteiger partial charge in [0, 0.05) is 28.1 Å². The van der Waals surface area contributed by atoms with Gasteiger partial charge in [-0.25, -0.2) is 9.97 Å². The number of para-hydroxylation sites is 2. The van der Waals surface area contributed by atoms with Crippen LogP contribution in [0.1, 0.15) is 11.4 Å². The molecule has 0 saturated carbocycles. The van der Waals surface area contributed by atoms with E-state index in [2.05, 4.69) is 9.97 Å². The fourth-order valence-electron chi connectivity index (χ4n) is 2.84. The quantitative estimate of drug-likeness (QED) is 0.524. The average molecular weight is 359 g/mol. The molecular weight excluding hydrogens is 343 g/mol. The van der Waals surface area contributed by atoms with Crippen LogP contribution in [0.15, 0.2) is 48.5 Å². The molecule has 0 aliphatic heterocycles. The van der Waals surface area contributed by atoms with E-state index in [4.69, 9.17) is 4.74 Å². The van der Waals surface area contributed by atoms with Gasteiger partial charge in [-0.1, -0.05) is 24.3 Å². The SMILES string of the molecule is Cc1nc2c(O)cccc2cc1Oc1cc2cccc(O)c2nc1C.[Al]. The fraction of sp³-hybridized carbons (Fsp3) is 0.100. The summed E-state index contributed by atoms with van der Waals surface area (Å²) in [5, 5.41) is 21.4. The van der Waals surface area contributed by atoms with E-state index in [1.54, 1.807) is 24.3 Å². The predicted octanol–water partition coefficient (Wildman–Crippen LogP) is 4.22. The van der Waals surface area contributed by atoms with E-state index in [1.165, 1.54) is 0 Å². The Labute approximate surface area is 161 Å². The van der Waals surface area contributed by atoms with Gasteiger partial charge in [-0.2, -0.15) is 0 Å². The van der Waals surface area contributed by atoms with Gasteiger partial charge in [-0.15, -0.1) is 0 Å². The third kappa shape index (κ3) is 3.05. The maximum absolute atomic E-state index is 9.93. The Morgan fingerprint density at radius 2 is 1.15 bits per heavy atom. The van der Waals surface area contributed by atoms with E-state index in [0.29, 0.717) is 33.9 Å². The van der Waals surface area contributed by atoms with Gasteiger partial charge in [0.2, 0.25) is 0 Å². The topological polar surface area (TPSA) is 75.5 Å². The lowest BCUT2D eigenvalue weighted by Gasteiger charge is -2.13. The number of fused-ring (bicyclic) bond motifs is 2. The van der Waals surface area contributed by atoms with Crippen LogP contribution >= 0.6 is 0 Å². The first-order valence-electron chi connectivity index (χ1n) is 7.89. The zero-order valence-electron chi connectivity index (χ0n) is 14.4. The molecular formula is C20H16AlN2O3. The molecule has 26 heavy (non-hydrogen) atoms. The first-order valence-corrected chi connectivity index (χ1v) is 7.89. The van der Waals surface area contributed by atoms with Gasteiger partial charge in [0.15, 0.2) is 0 Å². The van der Waals surface area contributed by atoms with E-state index in [9.17, 15) is 10.2 Å². The largest absolute Gasteiger partial charge is 0.506 e. The molecule has 2 aromatic heterocycles. The van der Waals surface area contributed by atoms with Crippen LogP contribution in [0.2, 0.25) is 0 Å². The lowest BCUT2D eigenvalue weighted by molar-refractivity contribution is 0.468. The number of pyridine rings is 2. The maximum Gasteiger partial charge on any atom is 0.149 e. The number of phenolic OH excluding ortho intramolecular Hbond substituents is 2. The standard InChI is InChI=1S/C20H16N2O3.Al/c1-11-17(9-13-5-3-7-15(23)19(13)21-11)25-18-10-14-6-4-8-16(24)20(14)22-12(18)2;/h3-10,23-24H,1-2H3;. The third-order valence-corrected chi connectivity index (χ3v) is 4.16. The van der Waals surface area contributed by atoms with Gasteiger partial charge < -0.3 is 14.9 Å². The minimum Gasteiger partial charge on any atom is -0.506 e. The summed E-state index contributed by atoms with van der Waals surface area (Å²) in [4.78, 5) is 8.88. The normalized spacial score (nSPS) is 10.7. The molecule has 2 aromatic carbocycles. The van der Waals surface area contributed by atoms with Crippen molar-refractivity contribution in [2.24, 2.45) is 0 Å². The van der Waals surface area contributed by atoms with Crippen LogP contribution in [0.3, 0.4) is 0 Å². The van der Waals surface area contributed by atoms with Crippen molar-refractivity contribution >= 4 is 39.2 Å². The minimum atomic E-state index is 0. The maximum atomic E-state index is 9.93. The van der Waals surface area contributed by atoms with Crippen LogP contribution in [-0.4, -0.2) is 37.5 Å². The summed E-state index contributed by atoms with van der Waals surface area (Å²) in [5.74, 6) is 1.49. The van der Waals surface area contributed by atoms with Crippen molar-refractivity contribution < 1.29 is 14.9 Å². The number of hydrogen-bond acceptors (Lipinski definition) is 5. The molecule has 4 aromatic rings. The van der Waals surface area contributed by atoms with Gasteiger partial charge in [0.1, 0.15) is 34.0 Å². The van der Waals surface area contributed by atoms with E-state index in [-0.39, 0.29) is 28.9 Å². The summed E-state index contributed by atoms with van der Waals surface area (Å²) in [7, 11) is 0. The zero-order valence-corrected chi connectivity index (χ0v) is 15.5. The molecule has 3 radical (unpaired) electrons. The van der Waals surface area contributed by atoms with Gasteiger partial charge in [-0.3, -0.25) is 0 Å². The lowest BCUT2D eigenvalue weighted by atomic mass is 10.1. The number of rotatable bonds is 2. The van der Waals surface area contributed by atoms with Gasteiger partial charge in [-0.05, 0) is 38.1 Å². The molecule has 0 atom stereocenters. The average Bonchev–Trinajstić information content (AvgIpc) is 2.58. The summed E-state index contributed by atoms with van der Waals surface area (Å²) in [6, 6.07) is 14.2. The second-order valence-corrected chi connectivity index (χ2v) is 5.94. The highest BCUT2D eigenvalue weighted by Gasteiger charge is 2.12. The van der Waals surface area contributed by atoms with Crippen LogP contribution in [-0.2, 0) is 0 Å². The molecule has 2 N–H and O–H groups in total. The summed E-state index contributed by atoms with van der Waals surface area (Å²) in [6.07, 6.45) is 0. The Hall–Kier alpha value is -2.81. The highest BCUT2D eigenvalue weighted by Crippen LogP contribution is 2.34. The molecule has 0 fully saturated rings. The van der Waals surface area contributed by atoms with Gasteiger partial charge >= 0.3 is 0 Å². The molecule has 5 nitrogen and oxygen atoms in total. The molecule has 0 bridgehead atoms. The van der Waals surface area contributed by atoms with Gasteiger partial charge in [0.25, 0.3) is 0 Å². The number of nitrogens with zero attached hydrogens (tertiary/aromatic N) is 2. The molecule has 0 aliphatic carbocycles. The van der Waals surface area contributed by atoms with Crippen molar-refractivity contribution in [3.8, 4) is 23.0 Å². The Balaban J connectivity index is 0.00000196. The predicted molar refractivity (Wildman–Crippen MR) is 102 cm³/mol. The molecule has 0 unspecified atom stereocenters. The minimum absolute atomic E-state index is 0. The smallest absolute Gasteiger partial charge is 0.149 e. The fourth-order valence-corrected chi connectivity index (χ4v) is 2.84. The Morgan fingerprint density at radius 3 is 1.58 bits per heavy atom. The number of aryl methyl sites for hydroxylation is 2. The first kappa shape index (κ1) is 18.0. The molecule has 127 valence electrons. The molecule has 2 heterocycles. The Bertz CT molecular complexity index is 1040. The van der Waals surface area contributed by atoms with Crippen LogP contribution in [0.25, 0.3) is 21.8 Å². The Kier molecular flexibility index (Phi) is 4.73. The Morgan fingerprint density at radius 1 is 0.731 bits per heavy atom. The second-order valence-electron chi connectivity index (χ2n) is 5.94.